The van der Waals surface area contributed by atoms with Gasteiger partial charge in [-0.25, -0.2) is 0 Å². The zero-order valence-corrected chi connectivity index (χ0v) is 15.6. The summed E-state index contributed by atoms with van der Waals surface area (Å²) in [6.07, 6.45) is 0. The summed E-state index contributed by atoms with van der Waals surface area (Å²) >= 11 is 17.5. The maximum Gasteiger partial charge on any atom is 0.238 e. The Labute approximate surface area is 151 Å². The minimum absolute atomic E-state index is 0.0766. The van der Waals surface area contributed by atoms with E-state index in [0.29, 0.717) is 15.8 Å². The zero-order valence-electron chi connectivity index (χ0n) is 11.6. The first-order chi connectivity index (χ1) is 10.5. The van der Waals surface area contributed by atoms with Gasteiger partial charge in [0.15, 0.2) is 0 Å². The van der Waals surface area contributed by atoms with Gasteiger partial charge in [0.2, 0.25) is 5.91 Å². The Kier molecular flexibility index (Phi) is 4.74. The van der Waals surface area contributed by atoms with Gasteiger partial charge in [-0.2, -0.15) is 0 Å². The average molecular weight is 417 g/mol. The minimum Gasteiger partial charge on any atom is -0.295 e. The molecule has 3 rings (SSSR count). The first-order valence-electron chi connectivity index (χ1n) is 6.63. The van der Waals surface area contributed by atoms with E-state index in [0.717, 1.165) is 21.3 Å². The number of aryl methyl sites for hydroxylation is 1. The molecule has 0 bridgehead atoms. The number of rotatable bonds is 2. The van der Waals surface area contributed by atoms with Crippen molar-refractivity contribution in [1.29, 1.82) is 0 Å². The standard InChI is InChI=1S/C16H12BrCl2NOS/c1-9-7-10(5-6-12(9)17)20-14(21)8-22-16(20)11-3-2-4-13(18)15(11)19/h2-7,16H,8H2,1H3/t16-/m0/s1. The third-order valence-corrected chi connectivity index (χ3v) is 6.45. The normalized spacial score (nSPS) is 18.1. The van der Waals surface area contributed by atoms with Crippen molar-refractivity contribution < 1.29 is 4.79 Å². The van der Waals surface area contributed by atoms with Crippen LogP contribution < -0.4 is 4.90 Å². The van der Waals surface area contributed by atoms with Gasteiger partial charge in [-0.15, -0.1) is 11.8 Å². The number of hydrogen-bond donors (Lipinski definition) is 0. The van der Waals surface area contributed by atoms with E-state index >= 15 is 0 Å². The van der Waals surface area contributed by atoms with Gasteiger partial charge in [-0.3, -0.25) is 9.69 Å². The molecule has 6 heteroatoms. The van der Waals surface area contributed by atoms with E-state index in [1.165, 1.54) is 0 Å². The van der Waals surface area contributed by atoms with Crippen molar-refractivity contribution >= 4 is 62.5 Å². The molecule has 2 nitrogen and oxygen atoms in total. The van der Waals surface area contributed by atoms with Crippen molar-refractivity contribution in [2.24, 2.45) is 0 Å². The highest BCUT2D eigenvalue weighted by atomic mass is 79.9. The van der Waals surface area contributed by atoms with E-state index in [1.807, 2.05) is 37.3 Å². The largest absolute Gasteiger partial charge is 0.295 e. The Balaban J connectivity index is 2.06. The summed E-state index contributed by atoms with van der Waals surface area (Å²) in [7, 11) is 0. The van der Waals surface area contributed by atoms with Crippen LogP contribution >= 0.6 is 50.9 Å². The Morgan fingerprint density at radius 1 is 1.27 bits per heavy atom. The van der Waals surface area contributed by atoms with Crippen LogP contribution in [0.2, 0.25) is 10.0 Å². The molecule has 2 aromatic carbocycles. The highest BCUT2D eigenvalue weighted by Gasteiger charge is 2.35. The van der Waals surface area contributed by atoms with Crippen molar-refractivity contribution in [2.75, 3.05) is 10.7 Å². The van der Waals surface area contributed by atoms with Gasteiger partial charge in [0.25, 0.3) is 0 Å². The summed E-state index contributed by atoms with van der Waals surface area (Å²) in [4.78, 5) is 14.2. The molecular formula is C16H12BrCl2NOS. The van der Waals surface area contributed by atoms with Crippen molar-refractivity contribution in [3.05, 3.63) is 62.0 Å². The fourth-order valence-electron chi connectivity index (χ4n) is 2.42. The maximum absolute atomic E-state index is 12.4. The van der Waals surface area contributed by atoms with Crippen LogP contribution in [0.5, 0.6) is 0 Å². The molecule has 1 amide bonds. The highest BCUT2D eigenvalue weighted by Crippen LogP contribution is 2.45. The fourth-order valence-corrected chi connectivity index (χ4v) is 4.35. The smallest absolute Gasteiger partial charge is 0.238 e. The van der Waals surface area contributed by atoms with Crippen molar-refractivity contribution in [3.8, 4) is 0 Å². The number of nitrogens with zero attached hydrogens (tertiary/aromatic N) is 1. The summed E-state index contributed by atoms with van der Waals surface area (Å²) in [6.45, 7) is 2.00. The molecule has 0 saturated carbocycles. The molecule has 1 heterocycles. The minimum atomic E-state index is -0.153. The van der Waals surface area contributed by atoms with Gasteiger partial charge in [0.1, 0.15) is 5.37 Å². The van der Waals surface area contributed by atoms with Gasteiger partial charge >= 0.3 is 0 Å². The topological polar surface area (TPSA) is 20.3 Å². The molecule has 1 fully saturated rings. The third kappa shape index (κ3) is 2.90. The molecule has 0 unspecified atom stereocenters. The maximum atomic E-state index is 12.4. The van der Waals surface area contributed by atoms with Crippen LogP contribution in [0.3, 0.4) is 0 Å². The molecule has 1 aliphatic rings. The third-order valence-electron chi connectivity index (χ3n) is 3.54. The molecule has 1 aliphatic heterocycles. The molecule has 22 heavy (non-hydrogen) atoms. The summed E-state index contributed by atoms with van der Waals surface area (Å²) in [5.41, 5.74) is 2.82. The quantitative estimate of drug-likeness (QED) is 0.612. The molecule has 0 aromatic heterocycles. The molecule has 0 N–H and O–H groups in total. The molecular weight excluding hydrogens is 405 g/mol. The number of amides is 1. The number of carbonyl (C=O) groups is 1. The summed E-state index contributed by atoms with van der Waals surface area (Å²) in [6, 6.07) is 11.4. The van der Waals surface area contributed by atoms with E-state index in [9.17, 15) is 4.79 Å². The predicted octanol–water partition coefficient (Wildman–Crippen LogP) is 5.84. The van der Waals surface area contributed by atoms with Crippen LogP contribution in [0.4, 0.5) is 5.69 Å². The van der Waals surface area contributed by atoms with E-state index in [4.69, 9.17) is 23.2 Å². The Morgan fingerprint density at radius 3 is 2.77 bits per heavy atom. The number of hydrogen-bond acceptors (Lipinski definition) is 2. The Hall–Kier alpha value is -0.680. The van der Waals surface area contributed by atoms with Gasteiger partial charge in [0, 0.05) is 15.7 Å². The van der Waals surface area contributed by atoms with E-state index in [-0.39, 0.29) is 11.3 Å². The molecule has 0 radical (unpaired) electrons. The molecule has 114 valence electrons. The van der Waals surface area contributed by atoms with Gasteiger partial charge in [-0.1, -0.05) is 51.3 Å². The first-order valence-corrected chi connectivity index (χ1v) is 9.22. The second-order valence-corrected chi connectivity index (χ2v) is 7.71. The van der Waals surface area contributed by atoms with Crippen LogP contribution in [0.25, 0.3) is 0 Å². The van der Waals surface area contributed by atoms with E-state index in [2.05, 4.69) is 15.9 Å². The van der Waals surface area contributed by atoms with Crippen molar-refractivity contribution in [3.63, 3.8) is 0 Å². The predicted molar refractivity (Wildman–Crippen MR) is 98.0 cm³/mol. The highest BCUT2D eigenvalue weighted by molar-refractivity contribution is 9.10. The molecule has 2 aromatic rings. The van der Waals surface area contributed by atoms with Gasteiger partial charge < -0.3 is 0 Å². The number of anilines is 1. The summed E-state index contributed by atoms with van der Waals surface area (Å²) in [5.74, 6) is 0.510. The summed E-state index contributed by atoms with van der Waals surface area (Å²) < 4.78 is 1.02. The molecule has 0 aliphatic carbocycles. The van der Waals surface area contributed by atoms with Crippen LogP contribution in [0, 0.1) is 6.92 Å². The Morgan fingerprint density at radius 2 is 2.05 bits per heavy atom. The number of halogens is 3. The van der Waals surface area contributed by atoms with Gasteiger partial charge in [0.05, 0.1) is 15.8 Å². The molecule has 1 atom stereocenters. The average Bonchev–Trinajstić information content (AvgIpc) is 2.86. The van der Waals surface area contributed by atoms with Gasteiger partial charge in [-0.05, 0) is 36.8 Å². The zero-order chi connectivity index (χ0) is 15.9. The molecule has 1 saturated heterocycles. The number of carbonyl (C=O) groups excluding carboxylic acids is 1. The Bertz CT molecular complexity index is 753. The van der Waals surface area contributed by atoms with Crippen molar-refractivity contribution in [1.82, 2.24) is 0 Å². The van der Waals surface area contributed by atoms with E-state index in [1.54, 1.807) is 22.7 Å². The fraction of sp³-hybridized carbons (Fsp3) is 0.188. The monoisotopic (exact) mass is 415 g/mol. The van der Waals surface area contributed by atoms with Crippen LogP contribution in [-0.2, 0) is 4.79 Å². The lowest BCUT2D eigenvalue weighted by Crippen LogP contribution is -2.28. The van der Waals surface area contributed by atoms with Crippen LogP contribution in [0.15, 0.2) is 40.9 Å². The van der Waals surface area contributed by atoms with E-state index < -0.39 is 0 Å². The van der Waals surface area contributed by atoms with Crippen LogP contribution in [-0.4, -0.2) is 11.7 Å². The molecule has 0 spiro atoms. The van der Waals surface area contributed by atoms with Crippen LogP contribution in [0.1, 0.15) is 16.5 Å². The van der Waals surface area contributed by atoms with Crippen molar-refractivity contribution in [2.45, 2.75) is 12.3 Å². The summed E-state index contributed by atoms with van der Waals surface area (Å²) in [5, 5.41) is 0.862. The first kappa shape index (κ1) is 16.2. The number of thioether (sulfide) groups is 1. The second kappa shape index (κ2) is 6.44. The lowest BCUT2D eigenvalue weighted by atomic mass is 10.1. The lowest BCUT2D eigenvalue weighted by Gasteiger charge is -2.25. The lowest BCUT2D eigenvalue weighted by molar-refractivity contribution is -0.115. The SMILES string of the molecule is Cc1cc(N2C(=O)CS[C@H]2c2cccc(Cl)c2Cl)ccc1Br. The second-order valence-electron chi connectivity index (χ2n) is 5.00. The number of benzene rings is 2.